The second-order valence-corrected chi connectivity index (χ2v) is 3.88. The molecule has 0 bridgehead atoms. The molecule has 2 nitrogen and oxygen atoms in total. The summed E-state index contributed by atoms with van der Waals surface area (Å²) in [6.45, 7) is 5.71. The van der Waals surface area contributed by atoms with Crippen LogP contribution in [-0.4, -0.2) is 11.8 Å². The third kappa shape index (κ3) is 2.42. The van der Waals surface area contributed by atoms with Crippen molar-refractivity contribution in [3.05, 3.63) is 35.4 Å². The highest BCUT2D eigenvalue weighted by atomic mass is 16.1. The van der Waals surface area contributed by atoms with Gasteiger partial charge in [-0.05, 0) is 19.9 Å². The number of Topliss-reactive ketones (excluding diaryl/α,β-unsaturated/α-hetero) is 1. The van der Waals surface area contributed by atoms with Crippen LogP contribution in [0.25, 0.3) is 0 Å². The second kappa shape index (κ2) is 4.38. The number of nitrogens with two attached hydrogens (primary N) is 1. The lowest BCUT2D eigenvalue weighted by Crippen LogP contribution is -2.30. The molecule has 14 heavy (non-hydrogen) atoms. The average Bonchev–Trinajstić information content (AvgIpc) is 2.15. The smallest absolute Gasteiger partial charge is 0.167 e. The van der Waals surface area contributed by atoms with Crippen molar-refractivity contribution in [3.63, 3.8) is 0 Å². The van der Waals surface area contributed by atoms with Crippen LogP contribution in [0.2, 0.25) is 0 Å². The summed E-state index contributed by atoms with van der Waals surface area (Å²) in [5, 5.41) is 0. The zero-order valence-electron chi connectivity index (χ0n) is 8.95. The van der Waals surface area contributed by atoms with Gasteiger partial charge in [-0.2, -0.15) is 0 Å². The lowest BCUT2D eigenvalue weighted by molar-refractivity contribution is 0.0917. The van der Waals surface area contributed by atoms with Crippen LogP contribution < -0.4 is 5.73 Å². The van der Waals surface area contributed by atoms with E-state index >= 15 is 0 Å². The Labute approximate surface area is 85.1 Å². The van der Waals surface area contributed by atoms with Crippen LogP contribution in [0.4, 0.5) is 0 Å². The molecule has 2 N–H and O–H groups in total. The van der Waals surface area contributed by atoms with Gasteiger partial charge < -0.3 is 5.73 Å². The van der Waals surface area contributed by atoms with Gasteiger partial charge in [-0.15, -0.1) is 0 Å². The van der Waals surface area contributed by atoms with Crippen molar-refractivity contribution in [2.24, 2.45) is 11.7 Å². The van der Waals surface area contributed by atoms with E-state index in [9.17, 15) is 4.79 Å². The highest BCUT2D eigenvalue weighted by Gasteiger charge is 2.18. The summed E-state index contributed by atoms with van der Waals surface area (Å²) in [5.41, 5.74) is 7.55. The topological polar surface area (TPSA) is 43.1 Å². The zero-order chi connectivity index (χ0) is 10.7. The first-order valence-corrected chi connectivity index (χ1v) is 4.89. The summed E-state index contributed by atoms with van der Waals surface area (Å²) in [4.78, 5) is 11.9. The largest absolute Gasteiger partial charge is 0.327 e. The number of aryl methyl sites for hydroxylation is 1. The van der Waals surface area contributed by atoms with Gasteiger partial charge in [0.15, 0.2) is 5.78 Å². The van der Waals surface area contributed by atoms with E-state index < -0.39 is 0 Å². The summed E-state index contributed by atoms with van der Waals surface area (Å²) >= 11 is 0. The highest BCUT2D eigenvalue weighted by Crippen LogP contribution is 2.12. The normalized spacial score (nSPS) is 14.9. The van der Waals surface area contributed by atoms with Gasteiger partial charge >= 0.3 is 0 Å². The fourth-order valence-corrected chi connectivity index (χ4v) is 1.30. The maximum absolute atomic E-state index is 11.9. The minimum atomic E-state index is -0.114. The van der Waals surface area contributed by atoms with Gasteiger partial charge in [-0.25, -0.2) is 0 Å². The summed E-state index contributed by atoms with van der Waals surface area (Å²) in [7, 11) is 0. The molecule has 76 valence electrons. The Bertz CT molecular complexity index is 331. The summed E-state index contributed by atoms with van der Waals surface area (Å²) in [5.74, 6) is 0.0144. The van der Waals surface area contributed by atoms with Crippen molar-refractivity contribution in [2.75, 3.05) is 0 Å². The van der Waals surface area contributed by atoms with Crippen LogP contribution in [0.1, 0.15) is 29.8 Å². The molecular formula is C12H17NO. The molecule has 0 radical (unpaired) electrons. The van der Waals surface area contributed by atoms with Gasteiger partial charge in [0.2, 0.25) is 0 Å². The molecule has 0 aliphatic rings. The van der Waals surface area contributed by atoms with E-state index in [1.165, 1.54) is 0 Å². The molecule has 0 saturated carbocycles. The van der Waals surface area contributed by atoms with E-state index in [4.69, 9.17) is 5.73 Å². The Hall–Kier alpha value is -1.15. The van der Waals surface area contributed by atoms with E-state index in [1.807, 2.05) is 45.0 Å². The van der Waals surface area contributed by atoms with E-state index in [0.717, 1.165) is 11.1 Å². The van der Waals surface area contributed by atoms with Gasteiger partial charge in [-0.3, -0.25) is 4.79 Å². The quantitative estimate of drug-likeness (QED) is 0.744. The van der Waals surface area contributed by atoms with Crippen molar-refractivity contribution in [2.45, 2.75) is 26.8 Å². The molecular weight excluding hydrogens is 174 g/mol. The minimum absolute atomic E-state index is 0.0944. The first kappa shape index (κ1) is 10.9. The van der Waals surface area contributed by atoms with Gasteiger partial charge in [0.25, 0.3) is 0 Å². The van der Waals surface area contributed by atoms with Crippen LogP contribution in [0.5, 0.6) is 0 Å². The Morgan fingerprint density at radius 1 is 1.36 bits per heavy atom. The Balaban J connectivity index is 2.89. The van der Waals surface area contributed by atoms with Gasteiger partial charge in [0.05, 0.1) is 0 Å². The Kier molecular flexibility index (Phi) is 3.42. The number of benzene rings is 1. The molecule has 0 amide bonds. The van der Waals surface area contributed by atoms with E-state index in [2.05, 4.69) is 0 Å². The van der Waals surface area contributed by atoms with E-state index in [0.29, 0.717) is 0 Å². The Morgan fingerprint density at radius 2 is 2.00 bits per heavy atom. The third-order valence-corrected chi connectivity index (χ3v) is 2.50. The molecule has 2 atom stereocenters. The first-order chi connectivity index (χ1) is 6.52. The van der Waals surface area contributed by atoms with Crippen LogP contribution in [0.3, 0.4) is 0 Å². The summed E-state index contributed by atoms with van der Waals surface area (Å²) in [6.07, 6.45) is 0. The van der Waals surface area contributed by atoms with Crippen molar-refractivity contribution >= 4 is 5.78 Å². The molecule has 0 heterocycles. The maximum atomic E-state index is 11.9. The number of carbonyl (C=O) groups is 1. The average molecular weight is 191 g/mol. The molecule has 0 saturated heterocycles. The van der Waals surface area contributed by atoms with Crippen LogP contribution in [0, 0.1) is 12.8 Å². The molecule has 1 aromatic carbocycles. The third-order valence-electron chi connectivity index (χ3n) is 2.50. The summed E-state index contributed by atoms with van der Waals surface area (Å²) in [6, 6.07) is 7.53. The number of carbonyl (C=O) groups excluding carboxylic acids is 1. The lowest BCUT2D eigenvalue weighted by Gasteiger charge is -2.14. The monoisotopic (exact) mass is 191 g/mol. The SMILES string of the molecule is Cc1cccc(C(=O)C(C)C(C)N)c1. The number of hydrogen-bond acceptors (Lipinski definition) is 2. The number of rotatable bonds is 3. The lowest BCUT2D eigenvalue weighted by atomic mass is 9.93. The molecule has 1 aromatic rings. The van der Waals surface area contributed by atoms with Crippen LogP contribution >= 0.6 is 0 Å². The first-order valence-electron chi connectivity index (χ1n) is 4.89. The highest BCUT2D eigenvalue weighted by molar-refractivity contribution is 5.98. The minimum Gasteiger partial charge on any atom is -0.327 e. The fraction of sp³-hybridized carbons (Fsp3) is 0.417. The summed E-state index contributed by atoms with van der Waals surface area (Å²) < 4.78 is 0. The molecule has 0 aromatic heterocycles. The van der Waals surface area contributed by atoms with Crippen LogP contribution in [0.15, 0.2) is 24.3 Å². The van der Waals surface area contributed by atoms with Crippen molar-refractivity contribution in [1.82, 2.24) is 0 Å². The van der Waals surface area contributed by atoms with Gasteiger partial charge in [0, 0.05) is 17.5 Å². The van der Waals surface area contributed by atoms with Gasteiger partial charge in [0.1, 0.15) is 0 Å². The molecule has 0 fully saturated rings. The molecule has 2 heteroatoms. The zero-order valence-corrected chi connectivity index (χ0v) is 8.95. The van der Waals surface area contributed by atoms with Crippen molar-refractivity contribution < 1.29 is 4.79 Å². The number of ketones is 1. The second-order valence-electron chi connectivity index (χ2n) is 3.88. The standard InChI is InChI=1S/C12H17NO/c1-8-5-4-6-11(7-8)12(14)9(2)10(3)13/h4-7,9-10H,13H2,1-3H3. The predicted molar refractivity (Wildman–Crippen MR) is 58.3 cm³/mol. The van der Waals surface area contributed by atoms with E-state index in [-0.39, 0.29) is 17.7 Å². The van der Waals surface area contributed by atoms with Gasteiger partial charge in [-0.1, -0.05) is 30.7 Å². The Morgan fingerprint density at radius 3 is 2.50 bits per heavy atom. The molecule has 0 aliphatic carbocycles. The number of hydrogen-bond donors (Lipinski definition) is 1. The fourth-order valence-electron chi connectivity index (χ4n) is 1.30. The maximum Gasteiger partial charge on any atom is 0.167 e. The predicted octanol–water partition coefficient (Wildman–Crippen LogP) is 2.16. The molecule has 0 aliphatic heterocycles. The van der Waals surface area contributed by atoms with Crippen LogP contribution in [-0.2, 0) is 0 Å². The van der Waals surface area contributed by atoms with E-state index in [1.54, 1.807) is 0 Å². The molecule has 2 unspecified atom stereocenters. The molecule has 0 spiro atoms. The molecule has 1 rings (SSSR count). The van der Waals surface area contributed by atoms with Crippen molar-refractivity contribution in [3.8, 4) is 0 Å². The van der Waals surface area contributed by atoms with Crippen molar-refractivity contribution in [1.29, 1.82) is 0 Å².